The Balaban J connectivity index is 2.11. The smallest absolute Gasteiger partial charge is 0.135 e. The molecule has 3 nitrogen and oxygen atoms in total. The molecule has 1 fully saturated rings. The van der Waals surface area contributed by atoms with Crippen LogP contribution in [-0.2, 0) is 16.9 Å². The van der Waals surface area contributed by atoms with Crippen molar-refractivity contribution in [2.24, 2.45) is 0 Å². The summed E-state index contributed by atoms with van der Waals surface area (Å²) in [5.74, 6) is 0. The molecule has 1 aromatic rings. The Bertz CT molecular complexity index is 363. The molecular formula is C9H9BrN2O. The zero-order chi connectivity index (χ0) is 8.89. The standard InChI is InChI=1S/C9H9BrN2O/c10-7-1-6-3-13-9(4-11-5-9)8(6)12-2-7/h1-2,11H,3-5H2. The van der Waals surface area contributed by atoms with Crippen molar-refractivity contribution >= 4 is 15.9 Å². The summed E-state index contributed by atoms with van der Waals surface area (Å²) in [7, 11) is 0. The van der Waals surface area contributed by atoms with Gasteiger partial charge in [0.25, 0.3) is 0 Å². The summed E-state index contributed by atoms with van der Waals surface area (Å²) in [5, 5.41) is 3.22. The van der Waals surface area contributed by atoms with Crippen LogP contribution in [-0.4, -0.2) is 18.1 Å². The Morgan fingerprint density at radius 1 is 1.54 bits per heavy atom. The van der Waals surface area contributed by atoms with Gasteiger partial charge in [-0.25, -0.2) is 0 Å². The third-order valence-corrected chi connectivity index (χ3v) is 3.12. The molecule has 2 aliphatic rings. The van der Waals surface area contributed by atoms with Gasteiger partial charge in [-0.3, -0.25) is 4.98 Å². The molecule has 0 unspecified atom stereocenters. The van der Waals surface area contributed by atoms with Crippen molar-refractivity contribution in [1.82, 2.24) is 10.3 Å². The predicted molar refractivity (Wildman–Crippen MR) is 51.3 cm³/mol. The molecule has 0 saturated carbocycles. The molecule has 13 heavy (non-hydrogen) atoms. The van der Waals surface area contributed by atoms with Gasteiger partial charge in [0.1, 0.15) is 5.60 Å². The lowest BCUT2D eigenvalue weighted by Crippen LogP contribution is -2.57. The monoisotopic (exact) mass is 240 g/mol. The molecule has 3 rings (SSSR count). The van der Waals surface area contributed by atoms with E-state index >= 15 is 0 Å². The highest BCUT2D eigenvalue weighted by Gasteiger charge is 2.46. The van der Waals surface area contributed by atoms with Gasteiger partial charge < -0.3 is 10.1 Å². The maximum atomic E-state index is 5.76. The van der Waals surface area contributed by atoms with E-state index in [1.54, 1.807) is 0 Å². The van der Waals surface area contributed by atoms with Crippen LogP contribution in [0.5, 0.6) is 0 Å². The zero-order valence-corrected chi connectivity index (χ0v) is 8.60. The molecule has 0 aliphatic carbocycles. The van der Waals surface area contributed by atoms with E-state index in [0.717, 1.165) is 23.3 Å². The molecular weight excluding hydrogens is 232 g/mol. The molecule has 0 amide bonds. The molecule has 0 radical (unpaired) electrons. The number of hydrogen-bond donors (Lipinski definition) is 1. The van der Waals surface area contributed by atoms with Crippen LogP contribution in [0.2, 0.25) is 0 Å². The number of pyridine rings is 1. The first-order valence-corrected chi connectivity index (χ1v) is 5.09. The lowest BCUT2D eigenvalue weighted by molar-refractivity contribution is -0.0768. The van der Waals surface area contributed by atoms with Crippen LogP contribution in [0.25, 0.3) is 0 Å². The zero-order valence-electron chi connectivity index (χ0n) is 7.01. The molecule has 1 N–H and O–H groups in total. The van der Waals surface area contributed by atoms with Crippen LogP contribution in [0.1, 0.15) is 11.3 Å². The number of nitrogens with one attached hydrogen (secondary N) is 1. The Morgan fingerprint density at radius 3 is 3.08 bits per heavy atom. The Labute approximate surface area is 84.6 Å². The highest BCUT2D eigenvalue weighted by molar-refractivity contribution is 9.10. The summed E-state index contributed by atoms with van der Waals surface area (Å²) in [6.07, 6.45) is 1.84. The number of rotatable bonds is 0. The second kappa shape index (κ2) is 2.53. The molecule has 68 valence electrons. The maximum absolute atomic E-state index is 5.76. The highest BCUT2D eigenvalue weighted by Crippen LogP contribution is 2.38. The van der Waals surface area contributed by atoms with Crippen molar-refractivity contribution in [3.63, 3.8) is 0 Å². The quantitative estimate of drug-likeness (QED) is 0.740. The molecule has 2 aliphatic heterocycles. The van der Waals surface area contributed by atoms with Crippen molar-refractivity contribution in [3.8, 4) is 0 Å². The summed E-state index contributed by atoms with van der Waals surface area (Å²) in [6.45, 7) is 2.49. The lowest BCUT2D eigenvalue weighted by Gasteiger charge is -2.37. The van der Waals surface area contributed by atoms with Gasteiger partial charge in [0.2, 0.25) is 0 Å². The average molecular weight is 241 g/mol. The van der Waals surface area contributed by atoms with Crippen molar-refractivity contribution in [2.45, 2.75) is 12.2 Å². The van der Waals surface area contributed by atoms with Crippen LogP contribution < -0.4 is 5.32 Å². The molecule has 0 atom stereocenters. The van der Waals surface area contributed by atoms with E-state index in [9.17, 15) is 0 Å². The van der Waals surface area contributed by atoms with E-state index in [0.29, 0.717) is 6.61 Å². The van der Waals surface area contributed by atoms with Crippen LogP contribution >= 0.6 is 15.9 Å². The van der Waals surface area contributed by atoms with Crippen LogP contribution in [0.4, 0.5) is 0 Å². The SMILES string of the molecule is Brc1cnc2c(c1)COC21CNC1. The average Bonchev–Trinajstić information content (AvgIpc) is 2.41. The minimum atomic E-state index is -0.101. The van der Waals surface area contributed by atoms with E-state index in [1.807, 2.05) is 6.20 Å². The number of ether oxygens (including phenoxy) is 1. The van der Waals surface area contributed by atoms with E-state index < -0.39 is 0 Å². The summed E-state index contributed by atoms with van der Waals surface area (Å²) >= 11 is 3.41. The summed E-state index contributed by atoms with van der Waals surface area (Å²) in [4.78, 5) is 4.42. The maximum Gasteiger partial charge on any atom is 0.135 e. The number of halogens is 1. The van der Waals surface area contributed by atoms with Crippen LogP contribution in [0, 0.1) is 0 Å². The molecule has 0 bridgehead atoms. The number of nitrogens with zero attached hydrogens (tertiary/aromatic N) is 1. The fraction of sp³-hybridized carbons (Fsp3) is 0.444. The van der Waals surface area contributed by atoms with Gasteiger partial charge in [0.15, 0.2) is 0 Å². The van der Waals surface area contributed by atoms with Gasteiger partial charge in [0.05, 0.1) is 12.3 Å². The van der Waals surface area contributed by atoms with Crippen LogP contribution in [0.3, 0.4) is 0 Å². The minimum Gasteiger partial charge on any atom is -0.361 e. The second-order valence-electron chi connectivity index (χ2n) is 3.55. The highest BCUT2D eigenvalue weighted by atomic mass is 79.9. The first-order valence-electron chi connectivity index (χ1n) is 4.30. The van der Waals surface area contributed by atoms with E-state index in [1.165, 1.54) is 5.56 Å². The van der Waals surface area contributed by atoms with Crippen molar-refractivity contribution < 1.29 is 4.74 Å². The van der Waals surface area contributed by atoms with Gasteiger partial charge in [-0.15, -0.1) is 0 Å². The third-order valence-electron chi connectivity index (χ3n) is 2.69. The first-order chi connectivity index (χ1) is 6.30. The van der Waals surface area contributed by atoms with Gasteiger partial charge in [-0.2, -0.15) is 0 Å². The molecule has 1 aromatic heterocycles. The second-order valence-corrected chi connectivity index (χ2v) is 4.46. The van der Waals surface area contributed by atoms with E-state index in [4.69, 9.17) is 4.74 Å². The van der Waals surface area contributed by atoms with Gasteiger partial charge >= 0.3 is 0 Å². The topological polar surface area (TPSA) is 34.1 Å². The molecule has 1 spiro atoms. The molecule has 3 heterocycles. The number of hydrogen-bond acceptors (Lipinski definition) is 3. The van der Waals surface area contributed by atoms with E-state index in [-0.39, 0.29) is 5.60 Å². The first kappa shape index (κ1) is 7.91. The fourth-order valence-electron chi connectivity index (χ4n) is 1.91. The van der Waals surface area contributed by atoms with Crippen molar-refractivity contribution in [1.29, 1.82) is 0 Å². The third kappa shape index (κ3) is 0.994. The Kier molecular flexibility index (Phi) is 1.54. The Hall–Kier alpha value is -0.450. The summed E-state index contributed by atoms with van der Waals surface area (Å²) < 4.78 is 6.78. The number of aromatic nitrogens is 1. The molecule has 0 aromatic carbocycles. The van der Waals surface area contributed by atoms with Crippen LogP contribution in [0.15, 0.2) is 16.7 Å². The largest absolute Gasteiger partial charge is 0.361 e. The van der Waals surface area contributed by atoms with E-state index in [2.05, 4.69) is 32.3 Å². The minimum absolute atomic E-state index is 0.101. The van der Waals surface area contributed by atoms with Gasteiger partial charge in [-0.1, -0.05) is 0 Å². The predicted octanol–water partition coefficient (Wildman–Crippen LogP) is 1.17. The van der Waals surface area contributed by atoms with Crippen molar-refractivity contribution in [2.75, 3.05) is 13.1 Å². The summed E-state index contributed by atoms with van der Waals surface area (Å²) in [6, 6.07) is 2.09. The fourth-order valence-corrected chi connectivity index (χ4v) is 2.29. The van der Waals surface area contributed by atoms with Gasteiger partial charge in [-0.05, 0) is 22.0 Å². The summed E-state index contributed by atoms with van der Waals surface area (Å²) in [5.41, 5.74) is 2.24. The number of fused-ring (bicyclic) bond motifs is 2. The lowest BCUT2D eigenvalue weighted by atomic mass is 9.92. The van der Waals surface area contributed by atoms with Gasteiger partial charge in [0, 0.05) is 29.3 Å². The molecule has 1 saturated heterocycles. The molecule has 4 heteroatoms. The Morgan fingerprint density at radius 2 is 2.38 bits per heavy atom. The van der Waals surface area contributed by atoms with Crippen molar-refractivity contribution in [3.05, 3.63) is 28.0 Å². The normalized spacial score (nSPS) is 22.8.